The third-order valence-electron chi connectivity index (χ3n) is 4.47. The molecule has 2 aliphatic rings. The van der Waals surface area contributed by atoms with E-state index in [0.29, 0.717) is 12.1 Å². The predicted molar refractivity (Wildman–Crippen MR) is 73.3 cm³/mol. The fraction of sp³-hybridized carbons (Fsp3) is 0.929. The maximum atomic E-state index is 11.4. The molecule has 104 valence electrons. The third kappa shape index (κ3) is 3.23. The van der Waals surface area contributed by atoms with Crippen LogP contribution in [0.5, 0.6) is 0 Å². The fourth-order valence-electron chi connectivity index (χ4n) is 3.49. The lowest BCUT2D eigenvalue weighted by Crippen LogP contribution is -2.48. The third-order valence-corrected chi connectivity index (χ3v) is 4.47. The van der Waals surface area contributed by atoms with Crippen molar-refractivity contribution in [3.05, 3.63) is 0 Å². The number of nitrogens with one attached hydrogen (secondary N) is 1. The number of carbonyl (C=O) groups excluding carboxylic acids is 1. The summed E-state index contributed by atoms with van der Waals surface area (Å²) in [7, 11) is 0. The van der Waals surface area contributed by atoms with Gasteiger partial charge >= 0.3 is 0 Å². The van der Waals surface area contributed by atoms with Gasteiger partial charge in [0.25, 0.3) is 0 Å². The highest BCUT2D eigenvalue weighted by Crippen LogP contribution is 2.29. The summed E-state index contributed by atoms with van der Waals surface area (Å²) in [4.78, 5) is 13.8. The van der Waals surface area contributed by atoms with E-state index in [0.717, 1.165) is 25.9 Å². The van der Waals surface area contributed by atoms with Crippen LogP contribution in [0, 0.1) is 0 Å². The summed E-state index contributed by atoms with van der Waals surface area (Å²) in [5.74, 6) is -0.126. The van der Waals surface area contributed by atoms with Crippen LogP contribution in [0.1, 0.15) is 51.9 Å². The first kappa shape index (κ1) is 13.8. The van der Waals surface area contributed by atoms with Gasteiger partial charge in [-0.25, -0.2) is 0 Å². The molecular weight excluding hydrogens is 226 g/mol. The van der Waals surface area contributed by atoms with Crippen LogP contribution in [0.3, 0.4) is 0 Å². The van der Waals surface area contributed by atoms with Crippen LogP contribution in [0.2, 0.25) is 0 Å². The number of likely N-dealkylation sites (tertiary alicyclic amines) is 1. The number of hydrogen-bond acceptors (Lipinski definition) is 3. The van der Waals surface area contributed by atoms with E-state index in [9.17, 15) is 4.79 Å². The number of carbonyl (C=O) groups is 1. The molecular formula is C14H27N3O. The van der Waals surface area contributed by atoms with Crippen molar-refractivity contribution in [3.63, 3.8) is 0 Å². The summed E-state index contributed by atoms with van der Waals surface area (Å²) in [6.07, 6.45) is 8.20. The van der Waals surface area contributed by atoms with Crippen LogP contribution in [0.25, 0.3) is 0 Å². The van der Waals surface area contributed by atoms with Gasteiger partial charge in [-0.15, -0.1) is 0 Å². The molecule has 1 aliphatic heterocycles. The zero-order valence-corrected chi connectivity index (χ0v) is 11.5. The molecule has 0 spiro atoms. The second-order valence-corrected chi connectivity index (χ2v) is 5.76. The largest absolute Gasteiger partial charge is 0.368 e. The molecule has 3 N–H and O–H groups in total. The van der Waals surface area contributed by atoms with Crippen LogP contribution in [0.15, 0.2) is 0 Å². The van der Waals surface area contributed by atoms with E-state index in [-0.39, 0.29) is 11.9 Å². The van der Waals surface area contributed by atoms with Crippen molar-refractivity contribution >= 4 is 5.91 Å². The van der Waals surface area contributed by atoms with E-state index in [2.05, 4.69) is 17.1 Å². The van der Waals surface area contributed by atoms with Crippen LogP contribution in [0.4, 0.5) is 0 Å². The molecule has 1 aliphatic carbocycles. The molecule has 4 heteroatoms. The highest BCUT2D eigenvalue weighted by molar-refractivity contribution is 5.80. The molecule has 1 atom stereocenters. The number of nitrogens with two attached hydrogens (primary N) is 1. The molecule has 18 heavy (non-hydrogen) atoms. The van der Waals surface area contributed by atoms with Gasteiger partial charge in [-0.3, -0.25) is 9.69 Å². The summed E-state index contributed by atoms with van der Waals surface area (Å²) < 4.78 is 0. The topological polar surface area (TPSA) is 58.4 Å². The van der Waals surface area contributed by atoms with Crippen molar-refractivity contribution in [1.29, 1.82) is 0 Å². The highest BCUT2D eigenvalue weighted by atomic mass is 16.1. The van der Waals surface area contributed by atoms with Gasteiger partial charge in [0.1, 0.15) is 0 Å². The van der Waals surface area contributed by atoms with Gasteiger partial charge in [0.05, 0.1) is 6.04 Å². The summed E-state index contributed by atoms with van der Waals surface area (Å²) >= 11 is 0. The van der Waals surface area contributed by atoms with Gasteiger partial charge in [0.2, 0.25) is 5.91 Å². The minimum Gasteiger partial charge on any atom is -0.368 e. The number of nitrogens with zero attached hydrogens (tertiary/aromatic N) is 1. The molecule has 0 aromatic rings. The maximum absolute atomic E-state index is 11.4. The van der Waals surface area contributed by atoms with Crippen molar-refractivity contribution in [2.24, 2.45) is 5.73 Å². The number of hydrogen-bond donors (Lipinski definition) is 2. The van der Waals surface area contributed by atoms with Gasteiger partial charge in [-0.1, -0.05) is 6.92 Å². The van der Waals surface area contributed by atoms with E-state index >= 15 is 0 Å². The van der Waals surface area contributed by atoms with Gasteiger partial charge in [0.15, 0.2) is 0 Å². The molecule has 1 heterocycles. The molecule has 2 fully saturated rings. The number of primary amides is 1. The van der Waals surface area contributed by atoms with Crippen molar-refractivity contribution in [2.45, 2.75) is 70.0 Å². The zero-order valence-electron chi connectivity index (χ0n) is 11.5. The first-order valence-corrected chi connectivity index (χ1v) is 7.50. The number of amides is 1. The van der Waals surface area contributed by atoms with Gasteiger partial charge in [-0.2, -0.15) is 0 Å². The molecule has 0 aromatic heterocycles. The monoisotopic (exact) mass is 253 g/mol. The maximum Gasteiger partial charge on any atom is 0.234 e. The quantitative estimate of drug-likeness (QED) is 0.775. The SMILES string of the molecule is CCCNC1CCC(N2CCCC2C(N)=O)CC1. The Morgan fingerprint density at radius 1 is 1.28 bits per heavy atom. The summed E-state index contributed by atoms with van der Waals surface area (Å²) in [6.45, 7) is 4.40. The normalized spacial score (nSPS) is 33.7. The van der Waals surface area contributed by atoms with E-state index in [1.165, 1.54) is 32.1 Å². The van der Waals surface area contributed by atoms with Crippen molar-refractivity contribution in [3.8, 4) is 0 Å². The minimum atomic E-state index is -0.126. The lowest BCUT2D eigenvalue weighted by molar-refractivity contribution is -0.123. The van der Waals surface area contributed by atoms with E-state index in [4.69, 9.17) is 5.73 Å². The van der Waals surface area contributed by atoms with Crippen LogP contribution in [-0.4, -0.2) is 42.0 Å². The summed E-state index contributed by atoms with van der Waals surface area (Å²) in [6, 6.07) is 1.29. The molecule has 1 saturated heterocycles. The van der Waals surface area contributed by atoms with Gasteiger partial charge in [0, 0.05) is 12.1 Å². The van der Waals surface area contributed by atoms with Crippen molar-refractivity contribution in [2.75, 3.05) is 13.1 Å². The molecule has 1 amide bonds. The van der Waals surface area contributed by atoms with Crippen molar-refractivity contribution < 1.29 is 4.79 Å². The van der Waals surface area contributed by atoms with Crippen LogP contribution >= 0.6 is 0 Å². The molecule has 2 rings (SSSR count). The first-order chi connectivity index (χ1) is 8.72. The zero-order chi connectivity index (χ0) is 13.0. The molecule has 1 saturated carbocycles. The Labute approximate surface area is 110 Å². The average Bonchev–Trinajstić information content (AvgIpc) is 2.86. The molecule has 1 unspecified atom stereocenters. The van der Waals surface area contributed by atoms with E-state index < -0.39 is 0 Å². The van der Waals surface area contributed by atoms with Crippen LogP contribution < -0.4 is 11.1 Å². The summed E-state index contributed by atoms with van der Waals surface area (Å²) in [5.41, 5.74) is 5.49. The molecule has 4 nitrogen and oxygen atoms in total. The first-order valence-electron chi connectivity index (χ1n) is 7.50. The molecule has 0 aromatic carbocycles. The number of rotatable bonds is 5. The lowest BCUT2D eigenvalue weighted by Gasteiger charge is -2.37. The van der Waals surface area contributed by atoms with E-state index in [1.807, 2.05) is 0 Å². The van der Waals surface area contributed by atoms with Gasteiger partial charge < -0.3 is 11.1 Å². The summed E-state index contributed by atoms with van der Waals surface area (Å²) in [5, 5.41) is 3.61. The minimum absolute atomic E-state index is 0.00940. The Balaban J connectivity index is 1.80. The standard InChI is InChI=1S/C14H27N3O/c1-2-9-16-11-5-7-12(8-6-11)17-10-3-4-13(17)14(15)18/h11-13,16H,2-10H2,1H3,(H2,15,18). The molecule has 0 bridgehead atoms. The molecule has 0 radical (unpaired) electrons. The Morgan fingerprint density at radius 2 is 2.00 bits per heavy atom. The Kier molecular flexibility index (Phi) is 5.01. The Hall–Kier alpha value is -0.610. The average molecular weight is 253 g/mol. The van der Waals surface area contributed by atoms with Crippen molar-refractivity contribution in [1.82, 2.24) is 10.2 Å². The Morgan fingerprint density at radius 3 is 2.61 bits per heavy atom. The Bertz CT molecular complexity index is 274. The fourth-order valence-corrected chi connectivity index (χ4v) is 3.49. The second kappa shape index (κ2) is 6.53. The van der Waals surface area contributed by atoms with E-state index in [1.54, 1.807) is 0 Å². The predicted octanol–water partition coefficient (Wildman–Crippen LogP) is 1.25. The van der Waals surface area contributed by atoms with Gasteiger partial charge in [-0.05, 0) is 58.0 Å². The smallest absolute Gasteiger partial charge is 0.234 e. The van der Waals surface area contributed by atoms with Crippen LogP contribution in [-0.2, 0) is 4.79 Å². The highest BCUT2D eigenvalue weighted by Gasteiger charge is 2.35. The second-order valence-electron chi connectivity index (χ2n) is 5.76. The lowest BCUT2D eigenvalue weighted by atomic mass is 9.89.